The van der Waals surface area contributed by atoms with E-state index < -0.39 is 14.8 Å². The highest BCUT2D eigenvalue weighted by Gasteiger charge is 1.89. The van der Waals surface area contributed by atoms with Crippen LogP contribution in [0, 0.1) is 0 Å². The van der Waals surface area contributed by atoms with Gasteiger partial charge in [-0.05, 0) is 0 Å². The van der Waals surface area contributed by atoms with Gasteiger partial charge in [0.15, 0.2) is 0 Å². The van der Waals surface area contributed by atoms with Crippen LogP contribution in [-0.2, 0) is 4.79 Å². The minimum Gasteiger partial charge on any atom is -0.481 e. The molecular formula is C2H5O3P. The average molecular weight is 108 g/mol. The van der Waals surface area contributed by atoms with Gasteiger partial charge in [0, 0.05) is 8.81 Å². The van der Waals surface area contributed by atoms with E-state index in [2.05, 4.69) is 0 Å². The van der Waals surface area contributed by atoms with Crippen molar-refractivity contribution < 1.29 is 14.8 Å². The molecule has 0 aliphatic rings. The van der Waals surface area contributed by atoms with Crippen molar-refractivity contribution in [1.82, 2.24) is 0 Å². The summed E-state index contributed by atoms with van der Waals surface area (Å²) in [6.07, 6.45) is -0.125. The van der Waals surface area contributed by atoms with E-state index in [-0.39, 0.29) is 6.16 Å². The third kappa shape index (κ3) is 3.86. The quantitative estimate of drug-likeness (QED) is 0.475. The van der Waals surface area contributed by atoms with E-state index in [0.717, 1.165) is 0 Å². The summed E-state index contributed by atoms with van der Waals surface area (Å²) in [5.74, 6) is -0.948. The molecule has 0 aliphatic carbocycles. The van der Waals surface area contributed by atoms with E-state index in [1.54, 1.807) is 0 Å². The minimum atomic E-state index is -0.948. The zero-order chi connectivity index (χ0) is 4.99. The molecule has 0 fully saturated rings. The molecule has 0 aliphatic heterocycles. The van der Waals surface area contributed by atoms with Crippen LogP contribution in [0.25, 0.3) is 0 Å². The normalized spacial score (nSPS) is 10.2. The molecule has 0 radical (unpaired) electrons. The highest BCUT2D eigenvalue weighted by atomic mass is 31.1. The van der Waals surface area contributed by atoms with Crippen LogP contribution in [0.4, 0.5) is 0 Å². The second-order valence-corrected chi connectivity index (χ2v) is 1.40. The summed E-state index contributed by atoms with van der Waals surface area (Å²) in [6.45, 7) is 0. The van der Waals surface area contributed by atoms with Gasteiger partial charge in [-0.1, -0.05) is 0 Å². The van der Waals surface area contributed by atoms with Gasteiger partial charge in [-0.3, -0.25) is 4.79 Å². The Morgan fingerprint density at radius 3 is 2.33 bits per heavy atom. The van der Waals surface area contributed by atoms with Crippen LogP contribution in [0.15, 0.2) is 0 Å². The van der Waals surface area contributed by atoms with E-state index in [0.29, 0.717) is 0 Å². The second kappa shape index (κ2) is 3.07. The van der Waals surface area contributed by atoms with Gasteiger partial charge in [0.05, 0.1) is 6.16 Å². The summed E-state index contributed by atoms with van der Waals surface area (Å²) >= 11 is 0. The van der Waals surface area contributed by atoms with Crippen LogP contribution in [-0.4, -0.2) is 22.1 Å². The molecule has 0 heterocycles. The van der Waals surface area contributed by atoms with Crippen molar-refractivity contribution >= 4 is 14.8 Å². The Balaban J connectivity index is 2.83. The van der Waals surface area contributed by atoms with Crippen molar-refractivity contribution in [2.75, 3.05) is 6.16 Å². The number of hydrogen-bond donors (Lipinski definition) is 2. The monoisotopic (exact) mass is 108 g/mol. The SMILES string of the molecule is O=C(O)CPO. The molecule has 0 aromatic rings. The lowest BCUT2D eigenvalue weighted by atomic mass is 10.8. The van der Waals surface area contributed by atoms with Crippen molar-refractivity contribution in [1.29, 1.82) is 0 Å². The molecule has 0 saturated heterocycles. The Kier molecular flexibility index (Phi) is 2.99. The molecule has 4 heteroatoms. The van der Waals surface area contributed by atoms with E-state index in [9.17, 15) is 4.79 Å². The Labute approximate surface area is 36.9 Å². The second-order valence-electron chi connectivity index (χ2n) is 0.729. The lowest BCUT2D eigenvalue weighted by Gasteiger charge is -1.79. The molecule has 1 atom stereocenters. The lowest BCUT2D eigenvalue weighted by molar-refractivity contribution is -0.134. The molecule has 1 unspecified atom stereocenters. The molecule has 0 aromatic heterocycles. The minimum absolute atomic E-state index is 0.125. The van der Waals surface area contributed by atoms with Gasteiger partial charge >= 0.3 is 5.97 Å². The predicted molar refractivity (Wildman–Crippen MR) is 23.0 cm³/mol. The fourth-order valence-corrected chi connectivity index (χ4v) is 0.203. The molecule has 0 rings (SSSR count). The molecule has 3 nitrogen and oxygen atoms in total. The van der Waals surface area contributed by atoms with Crippen molar-refractivity contribution in [3.63, 3.8) is 0 Å². The number of hydrogen-bond acceptors (Lipinski definition) is 2. The molecular weight excluding hydrogens is 103 g/mol. The summed E-state index contributed by atoms with van der Waals surface area (Å²) in [5.41, 5.74) is 0. The summed E-state index contributed by atoms with van der Waals surface area (Å²) in [4.78, 5) is 17.3. The Bertz CT molecular complexity index is 52.8. The third-order valence-electron chi connectivity index (χ3n) is 0.230. The molecule has 0 saturated carbocycles. The first-order chi connectivity index (χ1) is 2.77. The maximum Gasteiger partial charge on any atom is 0.309 e. The molecule has 6 heavy (non-hydrogen) atoms. The molecule has 0 aromatic carbocycles. The number of carbonyl (C=O) groups is 1. The van der Waals surface area contributed by atoms with E-state index in [1.807, 2.05) is 0 Å². The number of aliphatic carboxylic acids is 1. The molecule has 36 valence electrons. The number of rotatable bonds is 2. The average Bonchev–Trinajstić information content (AvgIpc) is 1.35. The zero-order valence-corrected chi connectivity index (χ0v) is 4.01. The third-order valence-corrected chi connectivity index (χ3v) is 0.691. The zero-order valence-electron chi connectivity index (χ0n) is 3.01. The number of carboxylic acid groups (broad SMARTS) is 1. The maximum atomic E-state index is 9.45. The topological polar surface area (TPSA) is 57.5 Å². The van der Waals surface area contributed by atoms with Crippen LogP contribution >= 0.6 is 8.81 Å². The summed E-state index contributed by atoms with van der Waals surface area (Å²) in [6, 6.07) is 0. The number of carboxylic acids is 1. The van der Waals surface area contributed by atoms with Gasteiger partial charge < -0.3 is 10.00 Å². The molecule has 0 bridgehead atoms. The highest BCUT2D eigenvalue weighted by Crippen LogP contribution is 1.96. The van der Waals surface area contributed by atoms with Crippen LogP contribution in [0.1, 0.15) is 0 Å². The van der Waals surface area contributed by atoms with Crippen molar-refractivity contribution in [3.8, 4) is 0 Å². The largest absolute Gasteiger partial charge is 0.481 e. The van der Waals surface area contributed by atoms with Gasteiger partial charge in [-0.2, -0.15) is 0 Å². The van der Waals surface area contributed by atoms with Gasteiger partial charge in [0.1, 0.15) is 0 Å². The Morgan fingerprint density at radius 2 is 2.33 bits per heavy atom. The molecule has 0 amide bonds. The first-order valence-corrected chi connectivity index (χ1v) is 2.51. The van der Waals surface area contributed by atoms with Crippen LogP contribution in [0.3, 0.4) is 0 Å². The first-order valence-electron chi connectivity index (χ1n) is 1.36. The van der Waals surface area contributed by atoms with Crippen molar-refractivity contribution in [2.45, 2.75) is 0 Å². The van der Waals surface area contributed by atoms with E-state index in [1.165, 1.54) is 0 Å². The predicted octanol–water partition coefficient (Wildman–Crippen LogP) is -0.343. The fourth-order valence-electron chi connectivity index (χ4n) is 0.0676. The lowest BCUT2D eigenvalue weighted by Crippen LogP contribution is -1.94. The van der Waals surface area contributed by atoms with Crippen LogP contribution in [0.5, 0.6) is 0 Å². The van der Waals surface area contributed by atoms with Gasteiger partial charge in [0.25, 0.3) is 0 Å². The standard InChI is InChI=1S/C2H5O3P/c3-2(4)1-6-5/h5-6H,1H2,(H,3,4). The maximum absolute atomic E-state index is 9.45. The van der Waals surface area contributed by atoms with E-state index >= 15 is 0 Å². The fraction of sp³-hybridized carbons (Fsp3) is 0.500. The Morgan fingerprint density at radius 1 is 1.83 bits per heavy atom. The molecule has 2 N–H and O–H groups in total. The van der Waals surface area contributed by atoms with Crippen LogP contribution in [0.2, 0.25) is 0 Å². The van der Waals surface area contributed by atoms with Crippen LogP contribution < -0.4 is 0 Å². The van der Waals surface area contributed by atoms with Gasteiger partial charge in [-0.25, -0.2) is 0 Å². The van der Waals surface area contributed by atoms with Gasteiger partial charge in [-0.15, -0.1) is 0 Å². The highest BCUT2D eigenvalue weighted by molar-refractivity contribution is 7.32. The summed E-state index contributed by atoms with van der Waals surface area (Å²) in [5, 5.41) is 7.76. The summed E-state index contributed by atoms with van der Waals surface area (Å²) in [7, 11) is -0.461. The van der Waals surface area contributed by atoms with Crippen molar-refractivity contribution in [2.24, 2.45) is 0 Å². The molecule has 0 spiro atoms. The smallest absolute Gasteiger partial charge is 0.309 e. The van der Waals surface area contributed by atoms with Crippen molar-refractivity contribution in [3.05, 3.63) is 0 Å². The first kappa shape index (κ1) is 5.86. The van der Waals surface area contributed by atoms with Gasteiger partial charge in [0.2, 0.25) is 0 Å². The summed E-state index contributed by atoms with van der Waals surface area (Å²) < 4.78 is 0. The van der Waals surface area contributed by atoms with E-state index in [4.69, 9.17) is 10.00 Å². The Hall–Kier alpha value is -0.140.